The molecule has 1 fully saturated rings. The summed E-state index contributed by atoms with van der Waals surface area (Å²) in [5.41, 5.74) is 0.879. The fraction of sp³-hybridized carbons (Fsp3) is 0.412. The van der Waals surface area contributed by atoms with E-state index in [2.05, 4.69) is 15.2 Å². The first-order chi connectivity index (χ1) is 12.8. The molecule has 0 aliphatic carbocycles. The maximum Gasteiger partial charge on any atom is 0.251 e. The van der Waals surface area contributed by atoms with E-state index in [4.69, 9.17) is 20.9 Å². The van der Waals surface area contributed by atoms with Crippen LogP contribution >= 0.6 is 11.6 Å². The molecule has 1 atom stereocenters. The van der Waals surface area contributed by atoms with Crippen molar-refractivity contribution in [2.45, 2.75) is 37.3 Å². The van der Waals surface area contributed by atoms with E-state index in [1.165, 1.54) is 18.2 Å². The third kappa shape index (κ3) is 5.07. The lowest BCUT2D eigenvalue weighted by molar-refractivity contribution is 0.0947. The number of carbonyl (C=O) groups excluding carboxylic acids is 1. The van der Waals surface area contributed by atoms with Gasteiger partial charge in [-0.2, -0.15) is 0 Å². The molecule has 1 aromatic heterocycles. The van der Waals surface area contributed by atoms with Crippen molar-refractivity contribution in [1.29, 1.82) is 0 Å². The largest absolute Gasteiger partial charge is 0.377 e. The summed E-state index contributed by atoms with van der Waals surface area (Å²) in [5.74, 6) is 0.0529. The lowest BCUT2D eigenvalue weighted by Gasteiger charge is -2.13. The summed E-state index contributed by atoms with van der Waals surface area (Å²) in [7, 11) is -3.87. The van der Waals surface area contributed by atoms with Crippen molar-refractivity contribution in [3.8, 4) is 0 Å². The molecule has 27 heavy (non-hydrogen) atoms. The molecule has 8 nitrogen and oxygen atoms in total. The number of aromatic nitrogens is 1. The third-order valence-electron chi connectivity index (χ3n) is 4.11. The quantitative estimate of drug-likeness (QED) is 0.718. The highest BCUT2D eigenvalue weighted by Gasteiger charge is 2.23. The Morgan fingerprint density at radius 1 is 1.37 bits per heavy atom. The maximum atomic E-state index is 12.6. The van der Waals surface area contributed by atoms with Crippen LogP contribution in [0.25, 0.3) is 0 Å². The van der Waals surface area contributed by atoms with Crippen LogP contribution < -0.4 is 10.0 Å². The normalized spacial score (nSPS) is 17.2. The van der Waals surface area contributed by atoms with Gasteiger partial charge >= 0.3 is 0 Å². The number of nitrogens with zero attached hydrogens (tertiary/aromatic N) is 1. The van der Waals surface area contributed by atoms with E-state index in [0.717, 1.165) is 12.8 Å². The Morgan fingerprint density at radius 3 is 2.85 bits per heavy atom. The van der Waals surface area contributed by atoms with E-state index in [1.807, 2.05) is 0 Å². The Kier molecular flexibility index (Phi) is 6.15. The maximum absolute atomic E-state index is 12.6. The topological polar surface area (TPSA) is 111 Å². The predicted octanol–water partition coefficient (Wildman–Crippen LogP) is 2.02. The molecule has 2 N–H and O–H groups in total. The zero-order chi connectivity index (χ0) is 19.4. The van der Waals surface area contributed by atoms with Crippen LogP contribution in [0, 0.1) is 6.92 Å². The summed E-state index contributed by atoms with van der Waals surface area (Å²) in [6.07, 6.45) is 1.57. The van der Waals surface area contributed by atoms with Crippen molar-refractivity contribution in [3.63, 3.8) is 0 Å². The van der Waals surface area contributed by atoms with Crippen LogP contribution in [-0.4, -0.2) is 38.7 Å². The predicted molar refractivity (Wildman–Crippen MR) is 98.0 cm³/mol. The van der Waals surface area contributed by atoms with E-state index < -0.39 is 15.9 Å². The van der Waals surface area contributed by atoms with Gasteiger partial charge in [0, 0.05) is 24.8 Å². The minimum Gasteiger partial charge on any atom is -0.377 e. The van der Waals surface area contributed by atoms with E-state index in [1.54, 1.807) is 13.0 Å². The van der Waals surface area contributed by atoms with Gasteiger partial charge in [0.05, 0.1) is 23.4 Å². The number of nitrogens with one attached hydrogen (secondary N) is 2. The van der Waals surface area contributed by atoms with Crippen LogP contribution in [0.4, 0.5) is 0 Å². The molecule has 2 aromatic rings. The molecule has 1 amide bonds. The fourth-order valence-electron chi connectivity index (χ4n) is 2.71. The van der Waals surface area contributed by atoms with Crippen LogP contribution in [-0.2, 0) is 21.3 Å². The monoisotopic (exact) mass is 413 g/mol. The second-order valence-electron chi connectivity index (χ2n) is 6.25. The second-order valence-corrected chi connectivity index (χ2v) is 8.39. The molecule has 2 heterocycles. The highest BCUT2D eigenvalue weighted by atomic mass is 35.5. The molecule has 10 heteroatoms. The van der Waals surface area contributed by atoms with Crippen molar-refractivity contribution in [2.24, 2.45) is 0 Å². The van der Waals surface area contributed by atoms with Gasteiger partial charge in [-0.05, 0) is 38.0 Å². The van der Waals surface area contributed by atoms with E-state index in [-0.39, 0.29) is 34.7 Å². The first kappa shape index (κ1) is 19.8. The minimum absolute atomic E-state index is 0.0391. The van der Waals surface area contributed by atoms with Gasteiger partial charge in [0.15, 0.2) is 5.76 Å². The molecular formula is C17H20ClN3O5S. The molecule has 0 saturated carbocycles. The minimum atomic E-state index is -3.87. The van der Waals surface area contributed by atoms with Gasteiger partial charge in [-0.1, -0.05) is 16.8 Å². The number of benzene rings is 1. The average molecular weight is 414 g/mol. The van der Waals surface area contributed by atoms with E-state index in [9.17, 15) is 13.2 Å². The summed E-state index contributed by atoms with van der Waals surface area (Å²) < 4.78 is 38.1. The number of ether oxygens (including phenoxy) is 1. The summed E-state index contributed by atoms with van der Waals surface area (Å²) in [5, 5.41) is 6.43. The molecule has 1 saturated heterocycles. The lowest BCUT2D eigenvalue weighted by Crippen LogP contribution is -2.32. The molecule has 1 aliphatic heterocycles. The Hall–Kier alpha value is -1.94. The number of carbonyl (C=O) groups is 1. The molecule has 3 rings (SSSR count). The highest BCUT2D eigenvalue weighted by molar-refractivity contribution is 7.89. The molecule has 1 unspecified atom stereocenters. The molecule has 0 radical (unpaired) electrons. The van der Waals surface area contributed by atoms with Gasteiger partial charge in [0.1, 0.15) is 4.90 Å². The number of aryl methyl sites for hydroxylation is 1. The number of halogens is 1. The van der Waals surface area contributed by atoms with Gasteiger partial charge in [0.2, 0.25) is 10.0 Å². The van der Waals surface area contributed by atoms with Crippen LogP contribution in [0.1, 0.15) is 34.7 Å². The molecule has 0 spiro atoms. The van der Waals surface area contributed by atoms with Gasteiger partial charge < -0.3 is 14.6 Å². The van der Waals surface area contributed by atoms with Gasteiger partial charge in [-0.25, -0.2) is 13.1 Å². The summed E-state index contributed by atoms with van der Waals surface area (Å²) in [6, 6.07) is 5.80. The number of amides is 1. The van der Waals surface area contributed by atoms with Crippen molar-refractivity contribution >= 4 is 27.5 Å². The summed E-state index contributed by atoms with van der Waals surface area (Å²) in [4.78, 5) is 12.2. The molecule has 1 aliphatic rings. The van der Waals surface area contributed by atoms with Crippen LogP contribution in [0.2, 0.25) is 5.02 Å². The molecular weight excluding hydrogens is 394 g/mol. The zero-order valence-electron chi connectivity index (χ0n) is 14.7. The SMILES string of the molecule is Cc1cc(CNC(=O)c2ccc(Cl)c(S(=O)(=O)NCC3CCCO3)c2)on1. The number of rotatable bonds is 7. The number of hydrogen-bond acceptors (Lipinski definition) is 6. The second kappa shape index (κ2) is 8.39. The Bertz CT molecular complexity index is 922. The van der Waals surface area contributed by atoms with Crippen LogP contribution in [0.5, 0.6) is 0 Å². The first-order valence-corrected chi connectivity index (χ1v) is 10.3. The zero-order valence-corrected chi connectivity index (χ0v) is 16.3. The van der Waals surface area contributed by atoms with Crippen LogP contribution in [0.15, 0.2) is 33.7 Å². The Balaban J connectivity index is 1.69. The molecule has 1 aromatic carbocycles. The van der Waals surface area contributed by atoms with E-state index >= 15 is 0 Å². The molecule has 0 bridgehead atoms. The summed E-state index contributed by atoms with van der Waals surface area (Å²) >= 11 is 6.05. The highest BCUT2D eigenvalue weighted by Crippen LogP contribution is 2.23. The fourth-order valence-corrected chi connectivity index (χ4v) is 4.30. The van der Waals surface area contributed by atoms with Gasteiger partial charge in [-0.3, -0.25) is 4.79 Å². The third-order valence-corrected chi connectivity index (χ3v) is 6.01. The standard InChI is InChI=1S/C17H20ClN3O5S/c1-11-7-14(26-21-11)9-19-17(22)12-4-5-15(18)16(8-12)27(23,24)20-10-13-3-2-6-25-13/h4-5,7-8,13,20H,2-3,6,9-10H2,1H3,(H,19,22). The van der Waals surface area contributed by atoms with Crippen molar-refractivity contribution in [1.82, 2.24) is 15.2 Å². The van der Waals surface area contributed by atoms with Crippen molar-refractivity contribution in [2.75, 3.05) is 13.2 Å². The number of hydrogen-bond donors (Lipinski definition) is 2. The molecule has 146 valence electrons. The first-order valence-electron chi connectivity index (χ1n) is 8.46. The van der Waals surface area contributed by atoms with Crippen molar-refractivity contribution < 1.29 is 22.5 Å². The Morgan fingerprint density at radius 2 is 2.19 bits per heavy atom. The van der Waals surface area contributed by atoms with Gasteiger partial charge in [-0.15, -0.1) is 0 Å². The average Bonchev–Trinajstić information content (AvgIpc) is 3.30. The van der Waals surface area contributed by atoms with Crippen molar-refractivity contribution in [3.05, 3.63) is 46.3 Å². The van der Waals surface area contributed by atoms with Crippen LogP contribution in [0.3, 0.4) is 0 Å². The Labute approximate surface area is 162 Å². The lowest BCUT2D eigenvalue weighted by atomic mass is 10.2. The number of sulfonamides is 1. The van der Waals surface area contributed by atoms with E-state index in [0.29, 0.717) is 18.1 Å². The van der Waals surface area contributed by atoms with Gasteiger partial charge in [0.25, 0.3) is 5.91 Å². The smallest absolute Gasteiger partial charge is 0.251 e. The summed E-state index contributed by atoms with van der Waals surface area (Å²) in [6.45, 7) is 2.71.